The van der Waals surface area contributed by atoms with Crippen LogP contribution in [0, 0.1) is 20.8 Å². The quantitative estimate of drug-likeness (QED) is 0.388. The molecule has 1 aliphatic carbocycles. The maximum absolute atomic E-state index is 12.8. The summed E-state index contributed by atoms with van der Waals surface area (Å²) in [5.74, 6) is 0.383. The van der Waals surface area contributed by atoms with E-state index in [1.54, 1.807) is 24.4 Å². The monoisotopic (exact) mass is 417 g/mol. The van der Waals surface area contributed by atoms with Crippen LogP contribution < -0.4 is 10.2 Å². The lowest BCUT2D eigenvalue weighted by Crippen LogP contribution is -2.22. The van der Waals surface area contributed by atoms with E-state index in [4.69, 9.17) is 9.15 Å². The lowest BCUT2D eigenvalue weighted by molar-refractivity contribution is 0.0698. The maximum atomic E-state index is 12.8. The molecule has 3 aromatic rings. The van der Waals surface area contributed by atoms with Crippen LogP contribution in [0.25, 0.3) is 0 Å². The van der Waals surface area contributed by atoms with Gasteiger partial charge < -0.3 is 9.15 Å². The molecule has 0 radical (unpaired) electrons. The number of rotatable bonds is 4. The molecule has 158 valence electrons. The summed E-state index contributed by atoms with van der Waals surface area (Å²) in [6, 6.07) is 10.7. The summed E-state index contributed by atoms with van der Waals surface area (Å²) in [4.78, 5) is 29.1. The second-order valence-corrected chi connectivity index (χ2v) is 7.64. The van der Waals surface area contributed by atoms with Crippen molar-refractivity contribution in [2.24, 2.45) is 5.10 Å². The van der Waals surface area contributed by atoms with Gasteiger partial charge in [-0.05, 0) is 69.0 Å². The van der Waals surface area contributed by atoms with E-state index >= 15 is 0 Å². The summed E-state index contributed by atoms with van der Waals surface area (Å²) in [6.07, 6.45) is 3.72. The van der Waals surface area contributed by atoms with E-state index in [0.717, 1.165) is 23.1 Å². The Kier molecular flexibility index (Phi) is 5.66. The average Bonchev–Trinajstić information content (AvgIpc) is 3.09. The van der Waals surface area contributed by atoms with Gasteiger partial charge in [-0.15, -0.1) is 0 Å². The zero-order chi connectivity index (χ0) is 22.0. The number of hydrogen-bond acceptors (Lipinski definition) is 6. The van der Waals surface area contributed by atoms with Crippen LogP contribution in [0.1, 0.15) is 61.9 Å². The second kappa shape index (κ2) is 8.55. The van der Waals surface area contributed by atoms with Crippen molar-refractivity contribution >= 4 is 17.6 Å². The number of carbonyl (C=O) groups is 2. The number of pyridine rings is 1. The Morgan fingerprint density at radius 2 is 1.87 bits per heavy atom. The summed E-state index contributed by atoms with van der Waals surface area (Å²) in [7, 11) is 0. The van der Waals surface area contributed by atoms with Crippen molar-refractivity contribution in [3.63, 3.8) is 0 Å². The summed E-state index contributed by atoms with van der Waals surface area (Å²) >= 11 is 0. The molecule has 4 rings (SSSR count). The third kappa shape index (κ3) is 4.40. The number of hydrazone groups is 1. The van der Waals surface area contributed by atoms with Gasteiger partial charge in [0.2, 0.25) is 5.76 Å². The fraction of sp³-hybridized carbons (Fsp3) is 0.250. The fourth-order valence-corrected chi connectivity index (χ4v) is 3.79. The van der Waals surface area contributed by atoms with E-state index in [1.165, 1.54) is 0 Å². The molecule has 0 bridgehead atoms. The lowest BCUT2D eigenvalue weighted by atomic mass is 9.93. The first-order valence-corrected chi connectivity index (χ1v) is 10.1. The Morgan fingerprint density at radius 1 is 1.10 bits per heavy atom. The molecule has 1 N–H and O–H groups in total. The Hall–Kier alpha value is -3.74. The predicted octanol–water partition coefficient (Wildman–Crippen LogP) is 4.29. The van der Waals surface area contributed by atoms with Gasteiger partial charge in [0.1, 0.15) is 17.2 Å². The highest BCUT2D eigenvalue weighted by molar-refractivity contribution is 6.06. The number of furan rings is 1. The molecule has 0 aliphatic heterocycles. The molecule has 1 amide bonds. The molecule has 7 heteroatoms. The first-order chi connectivity index (χ1) is 14.9. The zero-order valence-corrected chi connectivity index (χ0v) is 17.7. The number of esters is 1. The van der Waals surface area contributed by atoms with Crippen LogP contribution in [0.15, 0.2) is 52.1 Å². The Balaban J connectivity index is 1.58. The normalized spacial score (nSPS) is 14.2. The third-order valence-electron chi connectivity index (χ3n) is 5.11. The summed E-state index contributed by atoms with van der Waals surface area (Å²) in [5, 5.41) is 4.31. The van der Waals surface area contributed by atoms with Gasteiger partial charge in [-0.2, -0.15) is 5.10 Å². The highest BCUT2D eigenvalue weighted by atomic mass is 16.5. The molecule has 1 aliphatic rings. The van der Waals surface area contributed by atoms with Gasteiger partial charge >= 0.3 is 5.97 Å². The van der Waals surface area contributed by atoms with Gasteiger partial charge in [0.15, 0.2) is 0 Å². The van der Waals surface area contributed by atoms with Crippen molar-refractivity contribution in [1.29, 1.82) is 0 Å². The molecular formula is C24H23N3O4. The standard InChI is InChI=1S/C24H23N3O4/c1-14-11-15(2)13-17(12-14)30-24(29)22-16(3)21-18(8-6-9-20(21)31-22)26-27-23(28)19-7-4-5-10-25-19/h4-5,7,10-13H,6,8-9H2,1-3H3,(H,27,28)/b26-18+. The number of aryl methyl sites for hydroxylation is 3. The van der Waals surface area contributed by atoms with Crippen LogP contribution in [0.2, 0.25) is 0 Å². The van der Waals surface area contributed by atoms with Gasteiger partial charge in [0.05, 0.1) is 5.71 Å². The molecule has 0 unspecified atom stereocenters. The number of benzene rings is 1. The first-order valence-electron chi connectivity index (χ1n) is 10.1. The highest BCUT2D eigenvalue weighted by Crippen LogP contribution is 2.30. The van der Waals surface area contributed by atoms with Crippen LogP contribution in [0.4, 0.5) is 0 Å². The Morgan fingerprint density at radius 3 is 2.58 bits per heavy atom. The molecule has 2 aromatic heterocycles. The van der Waals surface area contributed by atoms with E-state index in [1.807, 2.05) is 39.0 Å². The van der Waals surface area contributed by atoms with Crippen LogP contribution in [0.5, 0.6) is 5.75 Å². The average molecular weight is 417 g/mol. The number of aromatic nitrogens is 1. The molecule has 1 aromatic carbocycles. The molecule has 0 fully saturated rings. The van der Waals surface area contributed by atoms with E-state index in [2.05, 4.69) is 15.5 Å². The minimum atomic E-state index is -0.547. The SMILES string of the molecule is Cc1cc(C)cc(OC(=O)c2oc3c(c2C)/C(=N/NC(=O)c2ccccn2)CCC3)c1. The van der Waals surface area contributed by atoms with Crippen molar-refractivity contribution in [2.45, 2.75) is 40.0 Å². The van der Waals surface area contributed by atoms with Crippen LogP contribution in [0.3, 0.4) is 0 Å². The first kappa shape index (κ1) is 20.5. The number of fused-ring (bicyclic) bond motifs is 1. The van der Waals surface area contributed by atoms with Crippen molar-refractivity contribution in [1.82, 2.24) is 10.4 Å². The number of ether oxygens (including phenoxy) is 1. The maximum Gasteiger partial charge on any atom is 0.379 e. The summed E-state index contributed by atoms with van der Waals surface area (Å²) in [5.41, 5.74) is 6.96. The van der Waals surface area contributed by atoms with Gasteiger partial charge in [-0.1, -0.05) is 12.1 Å². The van der Waals surface area contributed by atoms with Crippen LogP contribution in [-0.2, 0) is 6.42 Å². The Labute approximate surface area is 180 Å². The molecule has 7 nitrogen and oxygen atoms in total. The number of hydrogen-bond donors (Lipinski definition) is 1. The fourth-order valence-electron chi connectivity index (χ4n) is 3.79. The predicted molar refractivity (Wildman–Crippen MR) is 115 cm³/mol. The molecule has 0 saturated heterocycles. The number of amides is 1. The number of nitrogens with one attached hydrogen (secondary N) is 1. The van der Waals surface area contributed by atoms with Crippen LogP contribution in [-0.4, -0.2) is 22.6 Å². The minimum Gasteiger partial charge on any atom is -0.453 e. The second-order valence-electron chi connectivity index (χ2n) is 7.64. The van der Waals surface area contributed by atoms with Gasteiger partial charge in [0.25, 0.3) is 5.91 Å². The van der Waals surface area contributed by atoms with Crippen LogP contribution >= 0.6 is 0 Å². The molecule has 0 atom stereocenters. The van der Waals surface area contributed by atoms with Crippen molar-refractivity contribution in [3.8, 4) is 5.75 Å². The van der Waals surface area contributed by atoms with Crippen molar-refractivity contribution in [3.05, 3.63) is 82.1 Å². The molecule has 0 spiro atoms. The molecule has 0 saturated carbocycles. The smallest absolute Gasteiger partial charge is 0.379 e. The summed E-state index contributed by atoms with van der Waals surface area (Å²) < 4.78 is 11.4. The highest BCUT2D eigenvalue weighted by Gasteiger charge is 2.29. The zero-order valence-electron chi connectivity index (χ0n) is 17.7. The topological polar surface area (TPSA) is 93.8 Å². The molecular weight excluding hydrogens is 394 g/mol. The van der Waals surface area contributed by atoms with E-state index in [0.29, 0.717) is 35.6 Å². The number of nitrogens with zero attached hydrogens (tertiary/aromatic N) is 2. The van der Waals surface area contributed by atoms with Crippen molar-refractivity contribution in [2.75, 3.05) is 0 Å². The lowest BCUT2D eigenvalue weighted by Gasteiger charge is -2.13. The number of carbonyl (C=O) groups excluding carboxylic acids is 2. The van der Waals surface area contributed by atoms with E-state index in [-0.39, 0.29) is 11.5 Å². The third-order valence-corrected chi connectivity index (χ3v) is 5.11. The molecule has 31 heavy (non-hydrogen) atoms. The van der Waals surface area contributed by atoms with Gasteiger partial charge in [-0.25, -0.2) is 10.2 Å². The van der Waals surface area contributed by atoms with E-state index < -0.39 is 11.9 Å². The molecule has 2 heterocycles. The minimum absolute atomic E-state index is 0.162. The summed E-state index contributed by atoms with van der Waals surface area (Å²) in [6.45, 7) is 5.70. The van der Waals surface area contributed by atoms with Crippen molar-refractivity contribution < 1.29 is 18.7 Å². The largest absolute Gasteiger partial charge is 0.453 e. The van der Waals surface area contributed by atoms with Gasteiger partial charge in [-0.3, -0.25) is 9.78 Å². The van der Waals surface area contributed by atoms with E-state index in [9.17, 15) is 9.59 Å². The van der Waals surface area contributed by atoms with Gasteiger partial charge in [0, 0.05) is 23.7 Å². The Bertz CT molecular complexity index is 1160.